The fourth-order valence-electron chi connectivity index (χ4n) is 3.34. The molecule has 1 aliphatic rings. The molecule has 1 aliphatic heterocycles. The van der Waals surface area contributed by atoms with Crippen LogP contribution in [0, 0.1) is 5.41 Å². The molecule has 0 spiro atoms. The predicted molar refractivity (Wildman–Crippen MR) is 102 cm³/mol. The number of carbonyl (C=O) groups excluding carboxylic acids is 1. The molecule has 7 heteroatoms. The van der Waals surface area contributed by atoms with Gasteiger partial charge in [-0.3, -0.25) is 4.79 Å². The van der Waals surface area contributed by atoms with Gasteiger partial charge in [-0.25, -0.2) is 0 Å². The monoisotopic (exact) mass is 390 g/mol. The molecule has 1 amide bonds. The highest BCUT2D eigenvalue weighted by Crippen LogP contribution is 2.31. The van der Waals surface area contributed by atoms with Crippen LogP contribution in [-0.2, 0) is 14.3 Å². The number of hydrogen-bond donors (Lipinski definition) is 2. The van der Waals surface area contributed by atoms with Gasteiger partial charge in [-0.05, 0) is 50.6 Å². The highest BCUT2D eigenvalue weighted by Gasteiger charge is 2.40. The maximum Gasteiger partial charge on any atom is 0.228 e. The van der Waals surface area contributed by atoms with Crippen LogP contribution in [0.25, 0.3) is 0 Å². The number of rotatable bonds is 7. The summed E-state index contributed by atoms with van der Waals surface area (Å²) in [4.78, 5) is 12.9. The number of hydrogen-bond acceptors (Lipinski definition) is 4. The molecule has 2 rings (SSSR count). The lowest BCUT2D eigenvalue weighted by Crippen LogP contribution is -2.53. The van der Waals surface area contributed by atoms with E-state index in [0.29, 0.717) is 11.6 Å². The smallest absolute Gasteiger partial charge is 0.228 e. The molecule has 25 heavy (non-hydrogen) atoms. The number of benzene rings is 1. The Labute approximate surface area is 161 Å². The third kappa shape index (κ3) is 5.56. The zero-order valence-electron chi connectivity index (χ0n) is 15.0. The van der Waals surface area contributed by atoms with E-state index in [1.54, 1.807) is 14.2 Å². The van der Waals surface area contributed by atoms with Gasteiger partial charge >= 0.3 is 0 Å². The van der Waals surface area contributed by atoms with E-state index < -0.39 is 5.41 Å². The number of piperidine rings is 1. The van der Waals surface area contributed by atoms with Gasteiger partial charge in [-0.15, -0.1) is 12.4 Å². The molecule has 2 N–H and O–H groups in total. The molecule has 1 saturated heterocycles. The van der Waals surface area contributed by atoms with E-state index >= 15 is 0 Å². The van der Waals surface area contributed by atoms with Crippen LogP contribution in [0.4, 0.5) is 0 Å². The van der Waals surface area contributed by atoms with Crippen molar-refractivity contribution in [2.24, 2.45) is 5.41 Å². The molecule has 0 aromatic heterocycles. The van der Waals surface area contributed by atoms with Crippen LogP contribution in [0.2, 0.25) is 5.02 Å². The first kappa shape index (κ1) is 22.2. The number of amides is 1. The van der Waals surface area contributed by atoms with Crippen molar-refractivity contribution in [1.29, 1.82) is 0 Å². The third-order valence-electron chi connectivity index (χ3n) is 4.73. The lowest BCUT2D eigenvalue weighted by molar-refractivity contribution is -0.137. The van der Waals surface area contributed by atoms with Crippen molar-refractivity contribution >= 4 is 29.9 Å². The molecule has 1 heterocycles. The van der Waals surface area contributed by atoms with Crippen LogP contribution in [0.3, 0.4) is 0 Å². The summed E-state index contributed by atoms with van der Waals surface area (Å²) in [5.41, 5.74) is 0.521. The van der Waals surface area contributed by atoms with Crippen LogP contribution in [0.15, 0.2) is 24.3 Å². The van der Waals surface area contributed by atoms with Gasteiger partial charge in [0.1, 0.15) is 6.10 Å². The topological polar surface area (TPSA) is 59.6 Å². The van der Waals surface area contributed by atoms with Crippen molar-refractivity contribution < 1.29 is 14.3 Å². The first-order chi connectivity index (χ1) is 11.5. The lowest BCUT2D eigenvalue weighted by atomic mass is 9.78. The first-order valence-corrected chi connectivity index (χ1v) is 8.69. The molecule has 1 fully saturated rings. The molecule has 0 saturated carbocycles. The van der Waals surface area contributed by atoms with E-state index in [9.17, 15) is 4.79 Å². The number of methoxy groups -OCH3 is 2. The van der Waals surface area contributed by atoms with Gasteiger partial charge in [0, 0.05) is 19.2 Å². The maximum atomic E-state index is 12.9. The number of ether oxygens (including phenoxy) is 2. The summed E-state index contributed by atoms with van der Waals surface area (Å²) in [6.45, 7) is 4.06. The van der Waals surface area contributed by atoms with Gasteiger partial charge in [0.25, 0.3) is 0 Å². The highest BCUT2D eigenvalue weighted by atomic mass is 35.5. The molecular formula is C18H28Cl2N2O3. The minimum absolute atomic E-state index is 0. The fraction of sp³-hybridized carbons (Fsp3) is 0.611. The summed E-state index contributed by atoms with van der Waals surface area (Å²) >= 11 is 5.95. The zero-order chi connectivity index (χ0) is 17.6. The quantitative estimate of drug-likeness (QED) is 0.751. The second-order valence-electron chi connectivity index (χ2n) is 6.43. The fourth-order valence-corrected chi connectivity index (χ4v) is 3.46. The molecular weight excluding hydrogens is 363 g/mol. The van der Waals surface area contributed by atoms with Crippen molar-refractivity contribution in [2.75, 3.05) is 33.9 Å². The summed E-state index contributed by atoms with van der Waals surface area (Å²) in [5, 5.41) is 7.11. The van der Waals surface area contributed by atoms with Crippen LogP contribution in [-0.4, -0.2) is 45.9 Å². The third-order valence-corrected chi connectivity index (χ3v) is 4.98. The van der Waals surface area contributed by atoms with Gasteiger partial charge in [0.2, 0.25) is 5.91 Å². The number of halogens is 2. The Balaban J connectivity index is 0.00000312. The van der Waals surface area contributed by atoms with Crippen LogP contribution in [0.1, 0.15) is 31.4 Å². The second kappa shape index (κ2) is 10.3. The summed E-state index contributed by atoms with van der Waals surface area (Å²) in [5.74, 6) is 0.0364. The maximum absolute atomic E-state index is 12.9. The SMILES string of the molecule is COCC1(C(=O)NC(C)C(OC)c2ccc(Cl)cc2)CCNCC1.Cl. The minimum atomic E-state index is -0.466. The number of nitrogens with one attached hydrogen (secondary N) is 2. The van der Waals surface area contributed by atoms with Crippen LogP contribution >= 0.6 is 24.0 Å². The number of carbonyl (C=O) groups is 1. The Kier molecular flexibility index (Phi) is 9.17. The zero-order valence-corrected chi connectivity index (χ0v) is 16.6. The van der Waals surface area contributed by atoms with Crippen LogP contribution in [0.5, 0.6) is 0 Å². The first-order valence-electron chi connectivity index (χ1n) is 8.31. The van der Waals surface area contributed by atoms with Crippen molar-refractivity contribution in [3.8, 4) is 0 Å². The minimum Gasteiger partial charge on any atom is -0.384 e. The summed E-state index contributed by atoms with van der Waals surface area (Å²) in [6, 6.07) is 7.35. The molecule has 0 bridgehead atoms. The standard InChI is InChI=1S/C18H27ClN2O3.ClH/c1-13(16(24-3)14-4-6-15(19)7-5-14)21-17(22)18(12-23-2)8-10-20-11-9-18;/h4-7,13,16,20H,8-12H2,1-3H3,(H,21,22);1H. The Hall–Kier alpha value is -0.850. The molecule has 0 aliphatic carbocycles. The van der Waals surface area contributed by atoms with Crippen molar-refractivity contribution in [3.05, 3.63) is 34.9 Å². The van der Waals surface area contributed by atoms with Crippen LogP contribution < -0.4 is 10.6 Å². The Morgan fingerprint density at radius 1 is 1.28 bits per heavy atom. The Morgan fingerprint density at radius 2 is 1.88 bits per heavy atom. The van der Waals surface area contributed by atoms with E-state index in [1.807, 2.05) is 31.2 Å². The van der Waals surface area contributed by atoms with Crippen molar-refractivity contribution in [3.63, 3.8) is 0 Å². The molecule has 0 radical (unpaired) electrons. The summed E-state index contributed by atoms with van der Waals surface area (Å²) in [6.07, 6.45) is 1.32. The van der Waals surface area contributed by atoms with E-state index in [0.717, 1.165) is 31.5 Å². The Bertz CT molecular complexity index is 528. The van der Waals surface area contributed by atoms with E-state index in [1.165, 1.54) is 0 Å². The van der Waals surface area contributed by atoms with Gasteiger partial charge in [0.15, 0.2) is 0 Å². The van der Waals surface area contributed by atoms with Gasteiger partial charge in [0.05, 0.1) is 18.1 Å². The largest absolute Gasteiger partial charge is 0.384 e. The Morgan fingerprint density at radius 3 is 2.40 bits per heavy atom. The van der Waals surface area contributed by atoms with E-state index in [4.69, 9.17) is 21.1 Å². The molecule has 1 aromatic rings. The van der Waals surface area contributed by atoms with Crippen molar-refractivity contribution in [2.45, 2.75) is 31.9 Å². The summed E-state index contributed by atoms with van der Waals surface area (Å²) in [7, 11) is 3.30. The average Bonchev–Trinajstić information content (AvgIpc) is 2.58. The molecule has 142 valence electrons. The molecule has 2 atom stereocenters. The van der Waals surface area contributed by atoms with Gasteiger partial charge in [-0.1, -0.05) is 23.7 Å². The average molecular weight is 391 g/mol. The van der Waals surface area contributed by atoms with Gasteiger partial charge in [-0.2, -0.15) is 0 Å². The second-order valence-corrected chi connectivity index (χ2v) is 6.87. The van der Waals surface area contributed by atoms with Crippen molar-refractivity contribution in [1.82, 2.24) is 10.6 Å². The summed E-state index contributed by atoms with van der Waals surface area (Å²) < 4.78 is 11.0. The van der Waals surface area contributed by atoms with Gasteiger partial charge < -0.3 is 20.1 Å². The normalized spacial score (nSPS) is 18.7. The predicted octanol–water partition coefficient (Wildman–Crippen LogP) is 2.97. The molecule has 1 aromatic carbocycles. The van der Waals surface area contributed by atoms with E-state index in [-0.39, 0.29) is 30.5 Å². The highest BCUT2D eigenvalue weighted by molar-refractivity contribution is 6.30. The molecule has 2 unspecified atom stereocenters. The van der Waals surface area contributed by atoms with E-state index in [2.05, 4.69) is 10.6 Å². The lowest BCUT2D eigenvalue weighted by Gasteiger charge is -2.37. The molecule has 5 nitrogen and oxygen atoms in total.